The number of halogens is 3. The van der Waals surface area contributed by atoms with Gasteiger partial charge in [-0.05, 0) is 29.8 Å². The van der Waals surface area contributed by atoms with Crippen molar-refractivity contribution in [2.45, 2.75) is 12.3 Å². The van der Waals surface area contributed by atoms with Crippen molar-refractivity contribution in [1.82, 2.24) is 4.98 Å². The summed E-state index contributed by atoms with van der Waals surface area (Å²) in [5, 5.41) is 10.3. The van der Waals surface area contributed by atoms with Crippen LogP contribution < -0.4 is 4.90 Å². The highest BCUT2D eigenvalue weighted by Crippen LogP contribution is 2.32. The monoisotopic (exact) mass is 383 g/mol. The highest BCUT2D eigenvalue weighted by Gasteiger charge is 2.31. The molecule has 0 amide bonds. The second kappa shape index (κ2) is 7.13. The van der Waals surface area contributed by atoms with E-state index < -0.39 is 11.7 Å². The summed E-state index contributed by atoms with van der Waals surface area (Å²) < 4.78 is 44.1. The number of rotatable bonds is 2. The van der Waals surface area contributed by atoms with Gasteiger partial charge < -0.3 is 9.64 Å². The Morgan fingerprint density at radius 3 is 2.57 bits per heavy atom. The maximum absolute atomic E-state index is 12.8. The van der Waals surface area contributed by atoms with Crippen LogP contribution in [0.15, 0.2) is 54.6 Å². The number of fused-ring (bicyclic) bond motifs is 1. The third-order valence-electron chi connectivity index (χ3n) is 4.82. The van der Waals surface area contributed by atoms with Gasteiger partial charge in [-0.1, -0.05) is 30.3 Å². The Morgan fingerprint density at radius 2 is 1.86 bits per heavy atom. The van der Waals surface area contributed by atoms with E-state index >= 15 is 0 Å². The van der Waals surface area contributed by atoms with Gasteiger partial charge in [0.15, 0.2) is 0 Å². The first-order chi connectivity index (χ1) is 13.5. The van der Waals surface area contributed by atoms with Crippen molar-refractivity contribution >= 4 is 16.7 Å². The maximum Gasteiger partial charge on any atom is 0.416 e. The van der Waals surface area contributed by atoms with Gasteiger partial charge in [0, 0.05) is 18.5 Å². The predicted molar refractivity (Wildman–Crippen MR) is 98.8 cm³/mol. The Hall–Kier alpha value is -3.11. The van der Waals surface area contributed by atoms with Crippen LogP contribution in [0, 0.1) is 11.3 Å². The number of alkyl halides is 3. The molecule has 1 fully saturated rings. The summed E-state index contributed by atoms with van der Waals surface area (Å²) in [5.41, 5.74) is 1.27. The van der Waals surface area contributed by atoms with Crippen LogP contribution in [0.5, 0.6) is 0 Å². The molecule has 0 N–H and O–H groups in total. The summed E-state index contributed by atoms with van der Waals surface area (Å²) in [6.07, 6.45) is -4.73. The fourth-order valence-corrected chi connectivity index (χ4v) is 3.36. The first-order valence-corrected chi connectivity index (χ1v) is 8.79. The molecule has 1 unspecified atom stereocenters. The van der Waals surface area contributed by atoms with E-state index in [1.54, 1.807) is 6.07 Å². The molecule has 3 aromatic rings. The predicted octanol–water partition coefficient (Wildman–Crippen LogP) is 4.70. The SMILES string of the molecule is N#Cc1cc(N2CCOC(c3ccc(C(F)(F)F)cc3)C2)nc2ccccc12. The largest absolute Gasteiger partial charge is 0.416 e. The van der Waals surface area contributed by atoms with Gasteiger partial charge in [-0.3, -0.25) is 0 Å². The number of hydrogen-bond donors (Lipinski definition) is 0. The molecule has 1 atom stereocenters. The molecule has 2 aromatic carbocycles. The van der Waals surface area contributed by atoms with Gasteiger partial charge in [-0.25, -0.2) is 4.98 Å². The molecule has 1 saturated heterocycles. The normalized spacial score (nSPS) is 17.5. The summed E-state index contributed by atoms with van der Waals surface area (Å²) in [5.74, 6) is 0.662. The number of para-hydroxylation sites is 1. The molecule has 0 saturated carbocycles. The number of aromatic nitrogens is 1. The average molecular weight is 383 g/mol. The van der Waals surface area contributed by atoms with Gasteiger partial charge in [-0.15, -0.1) is 0 Å². The number of morpholine rings is 1. The number of nitrogens with zero attached hydrogens (tertiary/aromatic N) is 3. The molecule has 4 rings (SSSR count). The van der Waals surface area contributed by atoms with Crippen LogP contribution in [0.1, 0.15) is 22.8 Å². The summed E-state index contributed by atoms with van der Waals surface area (Å²) in [7, 11) is 0. The quantitative estimate of drug-likeness (QED) is 0.643. The molecule has 2 heterocycles. The summed E-state index contributed by atoms with van der Waals surface area (Å²) in [6, 6.07) is 16.4. The highest BCUT2D eigenvalue weighted by molar-refractivity contribution is 5.86. The van der Waals surface area contributed by atoms with Crippen LogP contribution in [0.4, 0.5) is 19.0 Å². The standard InChI is InChI=1S/C21H16F3N3O/c22-21(23,24)16-7-5-14(6-8-16)19-13-27(9-10-28-19)20-11-15(12-25)17-3-1-2-4-18(17)26-20/h1-8,11,19H,9-10,13H2. The van der Waals surface area contributed by atoms with Crippen LogP contribution in [-0.4, -0.2) is 24.7 Å². The molecular weight excluding hydrogens is 367 g/mol. The zero-order valence-electron chi connectivity index (χ0n) is 14.8. The average Bonchev–Trinajstić information content (AvgIpc) is 2.72. The van der Waals surface area contributed by atoms with E-state index in [4.69, 9.17) is 4.74 Å². The lowest BCUT2D eigenvalue weighted by Gasteiger charge is -2.34. The summed E-state index contributed by atoms with van der Waals surface area (Å²) >= 11 is 0. The van der Waals surface area contributed by atoms with E-state index in [0.717, 1.165) is 23.0 Å². The van der Waals surface area contributed by atoms with Crippen molar-refractivity contribution in [1.29, 1.82) is 5.26 Å². The topological polar surface area (TPSA) is 49.2 Å². The van der Waals surface area contributed by atoms with Gasteiger partial charge in [0.1, 0.15) is 11.9 Å². The van der Waals surface area contributed by atoms with Crippen molar-refractivity contribution < 1.29 is 17.9 Å². The van der Waals surface area contributed by atoms with Crippen molar-refractivity contribution in [3.63, 3.8) is 0 Å². The van der Waals surface area contributed by atoms with Crippen LogP contribution in [-0.2, 0) is 10.9 Å². The molecule has 1 aromatic heterocycles. The summed E-state index contributed by atoms with van der Waals surface area (Å²) in [6.45, 7) is 1.46. The van der Waals surface area contributed by atoms with E-state index in [9.17, 15) is 18.4 Å². The van der Waals surface area contributed by atoms with Gasteiger partial charge in [0.05, 0.1) is 29.3 Å². The minimum atomic E-state index is -4.36. The second-order valence-corrected chi connectivity index (χ2v) is 6.58. The molecule has 142 valence electrons. The van der Waals surface area contributed by atoms with Crippen molar-refractivity contribution in [3.8, 4) is 6.07 Å². The number of ether oxygens (including phenoxy) is 1. The van der Waals surface area contributed by atoms with Crippen LogP contribution >= 0.6 is 0 Å². The van der Waals surface area contributed by atoms with Gasteiger partial charge in [-0.2, -0.15) is 18.4 Å². The van der Waals surface area contributed by atoms with Gasteiger partial charge in [0.2, 0.25) is 0 Å². The van der Waals surface area contributed by atoms with Gasteiger partial charge in [0.25, 0.3) is 0 Å². The third-order valence-corrected chi connectivity index (χ3v) is 4.82. The molecule has 7 heteroatoms. The molecule has 0 bridgehead atoms. The van der Waals surface area contributed by atoms with Crippen LogP contribution in [0.2, 0.25) is 0 Å². The number of benzene rings is 2. The van der Waals surface area contributed by atoms with Crippen LogP contribution in [0.25, 0.3) is 10.9 Å². The molecule has 0 radical (unpaired) electrons. The number of pyridine rings is 1. The Bertz CT molecular complexity index is 1040. The van der Waals surface area contributed by atoms with E-state index in [1.165, 1.54) is 12.1 Å². The Morgan fingerprint density at radius 1 is 1.11 bits per heavy atom. The zero-order chi connectivity index (χ0) is 19.7. The number of hydrogen-bond acceptors (Lipinski definition) is 4. The summed E-state index contributed by atoms with van der Waals surface area (Å²) in [4.78, 5) is 6.65. The van der Waals surface area contributed by atoms with Crippen LogP contribution in [0.3, 0.4) is 0 Å². The maximum atomic E-state index is 12.8. The van der Waals surface area contributed by atoms with E-state index in [1.807, 2.05) is 29.2 Å². The van der Waals surface area contributed by atoms with Crippen molar-refractivity contribution in [2.24, 2.45) is 0 Å². The molecule has 0 spiro atoms. The van der Waals surface area contributed by atoms with E-state index in [0.29, 0.717) is 36.6 Å². The first kappa shape index (κ1) is 18.3. The first-order valence-electron chi connectivity index (χ1n) is 8.79. The minimum Gasteiger partial charge on any atom is -0.370 e. The molecule has 1 aliphatic heterocycles. The molecular formula is C21H16F3N3O. The molecule has 1 aliphatic rings. The Kier molecular flexibility index (Phi) is 4.65. The molecule has 4 nitrogen and oxygen atoms in total. The zero-order valence-corrected chi connectivity index (χ0v) is 14.8. The smallest absolute Gasteiger partial charge is 0.370 e. The molecule has 0 aliphatic carbocycles. The van der Waals surface area contributed by atoms with E-state index in [2.05, 4.69) is 11.1 Å². The van der Waals surface area contributed by atoms with Crippen molar-refractivity contribution in [2.75, 3.05) is 24.6 Å². The fraction of sp³-hybridized carbons (Fsp3) is 0.238. The highest BCUT2D eigenvalue weighted by atomic mass is 19.4. The lowest BCUT2D eigenvalue weighted by atomic mass is 10.0. The van der Waals surface area contributed by atoms with Crippen molar-refractivity contribution in [3.05, 3.63) is 71.3 Å². The lowest BCUT2D eigenvalue weighted by Crippen LogP contribution is -2.38. The lowest BCUT2D eigenvalue weighted by molar-refractivity contribution is -0.137. The Balaban J connectivity index is 1.61. The minimum absolute atomic E-state index is 0.366. The molecule has 28 heavy (non-hydrogen) atoms. The second-order valence-electron chi connectivity index (χ2n) is 6.58. The number of anilines is 1. The fourth-order valence-electron chi connectivity index (χ4n) is 3.36. The van der Waals surface area contributed by atoms with Gasteiger partial charge >= 0.3 is 6.18 Å². The van der Waals surface area contributed by atoms with E-state index in [-0.39, 0.29) is 6.10 Å². The third kappa shape index (κ3) is 3.51. The number of nitriles is 1. The Labute approximate surface area is 159 Å².